The molecule has 0 aromatic rings. The molecule has 0 atom stereocenters. The van der Waals surface area contributed by atoms with E-state index in [2.05, 4.69) is 0 Å². The third kappa shape index (κ3) is 2.33. The largest absolute Gasteiger partial charge is 0.261 e. The second-order valence-corrected chi connectivity index (χ2v) is 3.67. The molecule has 1 aliphatic rings. The molecule has 1 saturated heterocycles. The topological polar surface area (TPSA) is 3.24 Å². The summed E-state index contributed by atoms with van der Waals surface area (Å²) in [5, 5.41) is 0. The van der Waals surface area contributed by atoms with Gasteiger partial charge in [0, 0.05) is 35.8 Å². The minimum absolute atomic E-state index is 0.0620. The number of alkyl halides is 2. The first-order chi connectivity index (χ1) is 4.10. The highest BCUT2D eigenvalue weighted by molar-refractivity contribution is 14.1. The summed E-state index contributed by atoms with van der Waals surface area (Å²) in [5.74, 6) is -2.43. The van der Waals surface area contributed by atoms with Crippen LogP contribution in [0.25, 0.3) is 0 Å². The van der Waals surface area contributed by atoms with Gasteiger partial charge in [-0.05, 0) is 6.42 Å². The molecule has 0 radical (unpaired) electrons. The fourth-order valence-electron chi connectivity index (χ4n) is 0.918. The lowest BCUT2D eigenvalue weighted by Gasteiger charge is -2.27. The molecule has 0 aromatic carbocycles. The van der Waals surface area contributed by atoms with Crippen LogP contribution in [0.1, 0.15) is 12.8 Å². The summed E-state index contributed by atoms with van der Waals surface area (Å²) in [7, 11) is 0. The summed E-state index contributed by atoms with van der Waals surface area (Å²) < 4.78 is 26.5. The summed E-state index contributed by atoms with van der Waals surface area (Å²) in [6.07, 6.45) is 0.683. The Morgan fingerprint density at radius 3 is 2.44 bits per heavy atom. The molecule has 0 aliphatic carbocycles. The van der Waals surface area contributed by atoms with Crippen LogP contribution in [0.15, 0.2) is 0 Å². The molecule has 1 rings (SSSR count). The molecule has 1 heterocycles. The molecular formula is C5H8F2IN. The van der Waals surface area contributed by atoms with E-state index in [-0.39, 0.29) is 13.0 Å². The van der Waals surface area contributed by atoms with Crippen LogP contribution in [0.4, 0.5) is 8.78 Å². The van der Waals surface area contributed by atoms with Crippen LogP contribution < -0.4 is 0 Å². The summed E-state index contributed by atoms with van der Waals surface area (Å²) in [6, 6.07) is 0. The van der Waals surface area contributed by atoms with Gasteiger partial charge >= 0.3 is 0 Å². The van der Waals surface area contributed by atoms with Gasteiger partial charge in [-0.3, -0.25) is 0 Å². The average Bonchev–Trinajstić information content (AvgIpc) is 1.60. The Kier molecular flexibility index (Phi) is 2.26. The van der Waals surface area contributed by atoms with E-state index in [1.54, 1.807) is 3.11 Å². The Morgan fingerprint density at radius 1 is 1.44 bits per heavy atom. The Morgan fingerprint density at radius 2 is 2.11 bits per heavy atom. The van der Waals surface area contributed by atoms with Crippen LogP contribution in [-0.2, 0) is 0 Å². The summed E-state index contributed by atoms with van der Waals surface area (Å²) in [4.78, 5) is 0. The molecule has 0 aromatic heterocycles. The average molecular weight is 247 g/mol. The van der Waals surface area contributed by atoms with Crippen molar-refractivity contribution in [1.82, 2.24) is 3.11 Å². The lowest BCUT2D eigenvalue weighted by molar-refractivity contribution is -0.0372. The van der Waals surface area contributed by atoms with E-state index in [1.807, 2.05) is 22.9 Å². The number of piperidine rings is 1. The summed E-state index contributed by atoms with van der Waals surface area (Å²) >= 11 is 1.94. The SMILES string of the molecule is FC1(F)CCCN(I)C1. The number of halogens is 3. The molecular weight excluding hydrogens is 239 g/mol. The van der Waals surface area contributed by atoms with Crippen LogP contribution in [-0.4, -0.2) is 22.1 Å². The van der Waals surface area contributed by atoms with Crippen molar-refractivity contribution in [2.45, 2.75) is 18.8 Å². The van der Waals surface area contributed by atoms with Crippen LogP contribution in [0.2, 0.25) is 0 Å². The number of rotatable bonds is 0. The third-order valence-electron chi connectivity index (χ3n) is 1.35. The minimum Gasteiger partial charge on any atom is -0.242 e. The molecule has 1 aliphatic heterocycles. The second kappa shape index (κ2) is 2.65. The first-order valence-electron chi connectivity index (χ1n) is 2.89. The van der Waals surface area contributed by atoms with Crippen molar-refractivity contribution in [1.29, 1.82) is 0 Å². The van der Waals surface area contributed by atoms with Crippen molar-refractivity contribution in [3.8, 4) is 0 Å². The van der Waals surface area contributed by atoms with E-state index in [1.165, 1.54) is 0 Å². The highest BCUT2D eigenvalue weighted by Gasteiger charge is 2.33. The number of nitrogens with zero attached hydrogens (tertiary/aromatic N) is 1. The van der Waals surface area contributed by atoms with Gasteiger partial charge in [0.25, 0.3) is 5.92 Å². The molecule has 0 saturated carbocycles. The third-order valence-corrected chi connectivity index (χ3v) is 2.17. The molecule has 0 N–H and O–H groups in total. The fourth-order valence-corrected chi connectivity index (χ4v) is 1.76. The van der Waals surface area contributed by atoms with Gasteiger partial charge in [0.05, 0.1) is 6.54 Å². The van der Waals surface area contributed by atoms with Gasteiger partial charge < -0.3 is 0 Å². The molecule has 54 valence electrons. The molecule has 0 amide bonds. The predicted molar refractivity (Wildman–Crippen MR) is 39.8 cm³/mol. The summed E-state index contributed by atoms with van der Waals surface area (Å²) in [5.41, 5.74) is 0. The maximum absolute atomic E-state index is 12.4. The van der Waals surface area contributed by atoms with E-state index in [0.717, 1.165) is 6.54 Å². The van der Waals surface area contributed by atoms with E-state index in [9.17, 15) is 8.78 Å². The van der Waals surface area contributed by atoms with Gasteiger partial charge in [-0.2, -0.15) is 0 Å². The zero-order valence-electron chi connectivity index (χ0n) is 4.91. The van der Waals surface area contributed by atoms with E-state index in [0.29, 0.717) is 6.42 Å². The lowest BCUT2D eigenvalue weighted by Crippen LogP contribution is -2.36. The number of hydrogen-bond acceptors (Lipinski definition) is 1. The Balaban J connectivity index is 2.41. The van der Waals surface area contributed by atoms with Crippen molar-refractivity contribution in [3.63, 3.8) is 0 Å². The van der Waals surface area contributed by atoms with Crippen LogP contribution >= 0.6 is 22.9 Å². The standard InChI is InChI=1S/C5H8F2IN/c6-5(7)2-1-3-9(8)4-5/h1-4H2. The Labute approximate surface area is 66.9 Å². The zero-order chi connectivity index (χ0) is 6.91. The molecule has 4 heteroatoms. The van der Waals surface area contributed by atoms with Crippen molar-refractivity contribution in [2.24, 2.45) is 0 Å². The highest BCUT2D eigenvalue weighted by atomic mass is 127. The van der Waals surface area contributed by atoms with E-state index >= 15 is 0 Å². The Bertz CT molecular complexity index is 107. The first kappa shape index (κ1) is 7.65. The van der Waals surface area contributed by atoms with Gasteiger partial charge in [0.1, 0.15) is 0 Å². The Hall–Kier alpha value is 0.550. The van der Waals surface area contributed by atoms with Crippen molar-refractivity contribution in [2.75, 3.05) is 13.1 Å². The lowest BCUT2D eigenvalue weighted by atomic mass is 10.1. The van der Waals surface area contributed by atoms with Gasteiger partial charge in [0.15, 0.2) is 0 Å². The van der Waals surface area contributed by atoms with Gasteiger partial charge in [-0.25, -0.2) is 11.9 Å². The maximum Gasteiger partial charge on any atom is 0.261 e. The van der Waals surface area contributed by atoms with E-state index in [4.69, 9.17) is 0 Å². The smallest absolute Gasteiger partial charge is 0.242 e. The fraction of sp³-hybridized carbons (Fsp3) is 1.00. The predicted octanol–water partition coefficient (Wildman–Crippen LogP) is 2.07. The highest BCUT2D eigenvalue weighted by Crippen LogP contribution is 2.27. The van der Waals surface area contributed by atoms with Gasteiger partial charge in [-0.15, -0.1) is 0 Å². The zero-order valence-corrected chi connectivity index (χ0v) is 7.07. The summed E-state index contributed by atoms with van der Waals surface area (Å²) in [6.45, 7) is 0.726. The molecule has 1 fully saturated rings. The van der Waals surface area contributed by atoms with Crippen LogP contribution in [0, 0.1) is 0 Å². The molecule has 9 heavy (non-hydrogen) atoms. The first-order valence-corrected chi connectivity index (χ1v) is 3.85. The van der Waals surface area contributed by atoms with E-state index < -0.39 is 5.92 Å². The monoisotopic (exact) mass is 247 g/mol. The number of hydrogen-bond donors (Lipinski definition) is 0. The van der Waals surface area contributed by atoms with Gasteiger partial charge in [-0.1, -0.05) is 0 Å². The molecule has 0 unspecified atom stereocenters. The van der Waals surface area contributed by atoms with Crippen molar-refractivity contribution < 1.29 is 8.78 Å². The van der Waals surface area contributed by atoms with Crippen molar-refractivity contribution >= 4 is 22.9 Å². The normalized spacial score (nSPS) is 28.3. The quantitative estimate of drug-likeness (QED) is 0.468. The molecule has 0 bridgehead atoms. The molecule has 1 nitrogen and oxygen atoms in total. The van der Waals surface area contributed by atoms with Crippen molar-refractivity contribution in [3.05, 3.63) is 0 Å². The van der Waals surface area contributed by atoms with Gasteiger partial charge in [0.2, 0.25) is 0 Å². The minimum atomic E-state index is -2.43. The maximum atomic E-state index is 12.4. The van der Waals surface area contributed by atoms with Crippen LogP contribution in [0.5, 0.6) is 0 Å². The molecule has 0 spiro atoms. The second-order valence-electron chi connectivity index (χ2n) is 2.30. The van der Waals surface area contributed by atoms with Crippen LogP contribution in [0.3, 0.4) is 0 Å².